The molecule has 0 aromatic carbocycles. The Morgan fingerprint density at radius 2 is 2.35 bits per heavy atom. The van der Waals surface area contributed by atoms with E-state index in [2.05, 4.69) is 25.8 Å². The molecule has 106 valence electrons. The molecule has 0 spiro atoms. The molecule has 1 aliphatic carbocycles. The number of nitrogens with one attached hydrogen (secondary N) is 2. The van der Waals surface area contributed by atoms with Crippen LogP contribution in [-0.4, -0.2) is 42.3 Å². The van der Waals surface area contributed by atoms with Crippen LogP contribution in [0, 0.1) is 5.92 Å². The minimum atomic E-state index is -0.283. The standard InChI is InChI=1S/C12H16N6O2/c1-18-6-8(4-14-18)11(7-2-9(19)3-7)15-12(20)10-5-13-17-16-10/h4-7,9,11,19H,2-3H2,1H3,(H,15,20)(H,13,16,17). The maximum Gasteiger partial charge on any atom is 0.273 e. The summed E-state index contributed by atoms with van der Waals surface area (Å²) in [6.07, 6.45) is 6.07. The lowest BCUT2D eigenvalue weighted by Crippen LogP contribution is -2.41. The summed E-state index contributed by atoms with van der Waals surface area (Å²) >= 11 is 0. The van der Waals surface area contributed by atoms with E-state index in [0.29, 0.717) is 12.8 Å². The van der Waals surface area contributed by atoms with Crippen molar-refractivity contribution in [2.24, 2.45) is 13.0 Å². The Labute approximate surface area is 115 Å². The molecule has 2 aromatic rings. The number of nitrogens with zero attached hydrogens (tertiary/aromatic N) is 4. The number of aromatic amines is 1. The quantitative estimate of drug-likeness (QED) is 0.715. The number of aliphatic hydroxyl groups is 1. The van der Waals surface area contributed by atoms with Crippen LogP contribution in [0.2, 0.25) is 0 Å². The van der Waals surface area contributed by atoms with Crippen LogP contribution in [0.4, 0.5) is 0 Å². The molecule has 0 saturated heterocycles. The van der Waals surface area contributed by atoms with Crippen molar-refractivity contribution in [1.29, 1.82) is 0 Å². The summed E-state index contributed by atoms with van der Waals surface area (Å²) in [5.41, 5.74) is 1.18. The zero-order valence-corrected chi connectivity index (χ0v) is 11.0. The fraction of sp³-hybridized carbons (Fsp3) is 0.500. The van der Waals surface area contributed by atoms with E-state index in [4.69, 9.17) is 0 Å². The molecule has 1 saturated carbocycles. The van der Waals surface area contributed by atoms with Gasteiger partial charge in [0.25, 0.3) is 5.91 Å². The second-order valence-corrected chi connectivity index (χ2v) is 5.14. The van der Waals surface area contributed by atoms with Gasteiger partial charge in [0.05, 0.1) is 24.5 Å². The molecule has 1 unspecified atom stereocenters. The number of hydrogen-bond acceptors (Lipinski definition) is 5. The molecular formula is C12H16N6O2. The van der Waals surface area contributed by atoms with Crippen molar-refractivity contribution < 1.29 is 9.90 Å². The molecule has 3 N–H and O–H groups in total. The van der Waals surface area contributed by atoms with Crippen LogP contribution in [0.25, 0.3) is 0 Å². The van der Waals surface area contributed by atoms with Gasteiger partial charge in [0.1, 0.15) is 0 Å². The Balaban J connectivity index is 1.77. The number of H-pyrrole nitrogens is 1. The molecular weight excluding hydrogens is 260 g/mol. The third kappa shape index (κ3) is 2.42. The maximum atomic E-state index is 12.1. The van der Waals surface area contributed by atoms with E-state index >= 15 is 0 Å². The molecule has 1 aliphatic rings. The highest BCUT2D eigenvalue weighted by Gasteiger charge is 2.36. The van der Waals surface area contributed by atoms with Gasteiger partial charge in [0.15, 0.2) is 5.69 Å². The molecule has 1 amide bonds. The number of aryl methyl sites for hydroxylation is 1. The first-order valence-corrected chi connectivity index (χ1v) is 6.46. The highest BCUT2D eigenvalue weighted by Crippen LogP contribution is 2.38. The summed E-state index contributed by atoms with van der Waals surface area (Å²) in [5, 5.41) is 26.4. The van der Waals surface area contributed by atoms with Gasteiger partial charge in [-0.25, -0.2) is 0 Å². The Hall–Kier alpha value is -2.22. The van der Waals surface area contributed by atoms with Gasteiger partial charge in [-0.3, -0.25) is 9.48 Å². The zero-order chi connectivity index (χ0) is 14.1. The van der Waals surface area contributed by atoms with Crippen molar-refractivity contribution in [3.63, 3.8) is 0 Å². The monoisotopic (exact) mass is 276 g/mol. The van der Waals surface area contributed by atoms with Gasteiger partial charge in [-0.05, 0) is 18.8 Å². The minimum Gasteiger partial charge on any atom is -0.393 e. The first kappa shape index (κ1) is 12.8. The summed E-state index contributed by atoms with van der Waals surface area (Å²) in [5.74, 6) is -0.0703. The molecule has 1 atom stereocenters. The van der Waals surface area contributed by atoms with Crippen LogP contribution in [0.5, 0.6) is 0 Å². The summed E-state index contributed by atoms with van der Waals surface area (Å²) in [7, 11) is 1.83. The number of carbonyl (C=O) groups is 1. The maximum absolute atomic E-state index is 12.1. The lowest BCUT2D eigenvalue weighted by Gasteiger charge is -2.37. The summed E-state index contributed by atoms with van der Waals surface area (Å²) < 4.78 is 1.69. The number of carbonyl (C=O) groups excluding carboxylic acids is 1. The highest BCUT2D eigenvalue weighted by molar-refractivity contribution is 5.92. The second kappa shape index (κ2) is 5.04. The van der Waals surface area contributed by atoms with E-state index in [9.17, 15) is 9.90 Å². The van der Waals surface area contributed by atoms with E-state index in [1.54, 1.807) is 10.9 Å². The van der Waals surface area contributed by atoms with Crippen molar-refractivity contribution in [1.82, 2.24) is 30.5 Å². The van der Waals surface area contributed by atoms with Gasteiger partial charge in [-0.2, -0.15) is 20.5 Å². The number of amides is 1. The third-order valence-corrected chi connectivity index (χ3v) is 3.64. The smallest absolute Gasteiger partial charge is 0.273 e. The molecule has 0 bridgehead atoms. The Morgan fingerprint density at radius 3 is 2.90 bits per heavy atom. The molecule has 2 heterocycles. The summed E-state index contributed by atoms with van der Waals surface area (Å²) in [6, 6.07) is -0.170. The number of hydrogen-bond donors (Lipinski definition) is 3. The molecule has 0 aliphatic heterocycles. The van der Waals surface area contributed by atoms with Crippen molar-refractivity contribution in [3.05, 3.63) is 29.8 Å². The van der Waals surface area contributed by atoms with Gasteiger partial charge in [0.2, 0.25) is 0 Å². The van der Waals surface area contributed by atoms with E-state index in [1.165, 1.54) is 6.20 Å². The van der Waals surface area contributed by atoms with Gasteiger partial charge in [-0.1, -0.05) is 0 Å². The van der Waals surface area contributed by atoms with Gasteiger partial charge in [0, 0.05) is 18.8 Å². The van der Waals surface area contributed by atoms with Crippen LogP contribution < -0.4 is 5.32 Å². The van der Waals surface area contributed by atoms with Crippen LogP contribution in [0.3, 0.4) is 0 Å². The van der Waals surface area contributed by atoms with Crippen molar-refractivity contribution in [2.45, 2.75) is 25.0 Å². The van der Waals surface area contributed by atoms with E-state index < -0.39 is 0 Å². The lowest BCUT2D eigenvalue weighted by atomic mass is 9.75. The first-order valence-electron chi connectivity index (χ1n) is 6.46. The van der Waals surface area contributed by atoms with Crippen molar-refractivity contribution >= 4 is 5.91 Å². The average molecular weight is 276 g/mol. The topological polar surface area (TPSA) is 109 Å². The molecule has 8 heteroatoms. The van der Waals surface area contributed by atoms with Crippen LogP contribution in [-0.2, 0) is 7.05 Å². The fourth-order valence-electron chi connectivity index (χ4n) is 2.50. The lowest BCUT2D eigenvalue weighted by molar-refractivity contribution is 0.0234. The summed E-state index contributed by atoms with van der Waals surface area (Å²) in [4.78, 5) is 12.1. The predicted molar refractivity (Wildman–Crippen MR) is 68.5 cm³/mol. The van der Waals surface area contributed by atoms with Crippen LogP contribution >= 0.6 is 0 Å². The van der Waals surface area contributed by atoms with E-state index in [-0.39, 0.29) is 29.7 Å². The SMILES string of the molecule is Cn1cc(C(NC(=O)c2cn[nH]n2)C2CC(O)C2)cn1. The van der Waals surface area contributed by atoms with Gasteiger partial charge in [-0.15, -0.1) is 0 Å². The molecule has 2 aromatic heterocycles. The zero-order valence-electron chi connectivity index (χ0n) is 11.0. The molecule has 1 fully saturated rings. The Morgan fingerprint density at radius 1 is 1.55 bits per heavy atom. The third-order valence-electron chi connectivity index (χ3n) is 3.64. The van der Waals surface area contributed by atoms with E-state index in [1.807, 2.05) is 13.2 Å². The molecule has 8 nitrogen and oxygen atoms in total. The molecule has 20 heavy (non-hydrogen) atoms. The number of aromatic nitrogens is 5. The largest absolute Gasteiger partial charge is 0.393 e. The predicted octanol–water partition coefficient (Wildman–Crippen LogP) is -0.220. The van der Waals surface area contributed by atoms with Crippen LogP contribution in [0.1, 0.15) is 34.9 Å². The van der Waals surface area contributed by atoms with Crippen molar-refractivity contribution in [3.8, 4) is 0 Å². The average Bonchev–Trinajstić information content (AvgIpc) is 3.03. The number of rotatable bonds is 4. The normalized spacial score (nSPS) is 23.1. The fourth-order valence-corrected chi connectivity index (χ4v) is 2.50. The Kier molecular flexibility index (Phi) is 3.23. The molecule has 3 rings (SSSR count). The highest BCUT2D eigenvalue weighted by atomic mass is 16.3. The van der Waals surface area contributed by atoms with Gasteiger partial charge < -0.3 is 10.4 Å². The van der Waals surface area contributed by atoms with Crippen molar-refractivity contribution in [2.75, 3.05) is 0 Å². The minimum absolute atomic E-state index is 0.170. The van der Waals surface area contributed by atoms with E-state index in [0.717, 1.165) is 5.56 Å². The van der Waals surface area contributed by atoms with Crippen LogP contribution in [0.15, 0.2) is 18.6 Å². The van der Waals surface area contributed by atoms with Gasteiger partial charge >= 0.3 is 0 Å². The first-order chi connectivity index (χ1) is 9.63. The molecule has 0 radical (unpaired) electrons. The number of aliphatic hydroxyl groups excluding tert-OH is 1. The Bertz CT molecular complexity index is 587. The second-order valence-electron chi connectivity index (χ2n) is 5.14. The summed E-state index contributed by atoms with van der Waals surface area (Å²) in [6.45, 7) is 0.